The molecule has 0 saturated heterocycles. The molecule has 0 spiro atoms. The van der Waals surface area contributed by atoms with Crippen LogP contribution < -0.4 is 10.1 Å². The van der Waals surface area contributed by atoms with Gasteiger partial charge in [0.05, 0.1) is 19.8 Å². The number of carbonyl (C=O) groups is 2. The van der Waals surface area contributed by atoms with E-state index in [1.165, 1.54) is 0 Å². The summed E-state index contributed by atoms with van der Waals surface area (Å²) in [6.45, 7) is 5.31. The molecule has 0 aromatic heterocycles. The molecule has 0 aliphatic carbocycles. The number of ether oxygens (including phenoxy) is 4. The molecule has 2 N–H and O–H groups in total. The van der Waals surface area contributed by atoms with Crippen LogP contribution in [0.4, 0.5) is 4.79 Å². The van der Waals surface area contributed by atoms with Gasteiger partial charge in [0.1, 0.15) is 12.4 Å². The van der Waals surface area contributed by atoms with Gasteiger partial charge in [-0.15, -0.1) is 0 Å². The van der Waals surface area contributed by atoms with E-state index < -0.39 is 12.1 Å². The fourth-order valence-electron chi connectivity index (χ4n) is 3.44. The fourth-order valence-corrected chi connectivity index (χ4v) is 3.44. The van der Waals surface area contributed by atoms with Gasteiger partial charge >= 0.3 is 12.0 Å². The highest BCUT2D eigenvalue weighted by Crippen LogP contribution is 2.15. The number of hydrogen-bond donors (Lipinski definition) is 2. The van der Waals surface area contributed by atoms with E-state index in [9.17, 15) is 14.7 Å². The second-order valence-corrected chi connectivity index (χ2v) is 8.08. The lowest BCUT2D eigenvalue weighted by atomic mass is 10.1. The Morgan fingerprint density at radius 2 is 1.72 bits per heavy atom. The van der Waals surface area contributed by atoms with Crippen molar-refractivity contribution in [3.05, 3.63) is 65.7 Å². The number of methoxy groups -OCH3 is 1. The summed E-state index contributed by atoms with van der Waals surface area (Å²) in [5.41, 5.74) is 1.96. The lowest BCUT2D eigenvalue weighted by Gasteiger charge is -2.23. The number of benzene rings is 2. The quantitative estimate of drug-likeness (QED) is 0.301. The van der Waals surface area contributed by atoms with Crippen molar-refractivity contribution in [2.24, 2.45) is 0 Å². The predicted octanol–water partition coefficient (Wildman–Crippen LogP) is 3.36. The topological polar surface area (TPSA) is 107 Å². The van der Waals surface area contributed by atoms with Gasteiger partial charge < -0.3 is 34.3 Å². The molecule has 2 aromatic rings. The molecular weight excluding hydrogens is 464 g/mol. The molecular formula is C27H38N2O7. The summed E-state index contributed by atoms with van der Waals surface area (Å²) in [6, 6.07) is 17.0. The number of carboxylic acid groups (broad SMARTS) is 1. The molecule has 198 valence electrons. The van der Waals surface area contributed by atoms with E-state index in [1.54, 1.807) is 31.1 Å². The van der Waals surface area contributed by atoms with Crippen LogP contribution in [-0.2, 0) is 32.0 Å². The van der Waals surface area contributed by atoms with Gasteiger partial charge in [0.2, 0.25) is 0 Å². The van der Waals surface area contributed by atoms with Crippen molar-refractivity contribution < 1.29 is 33.6 Å². The molecule has 9 nitrogen and oxygen atoms in total. The summed E-state index contributed by atoms with van der Waals surface area (Å²) in [6.07, 6.45) is 0.110. The van der Waals surface area contributed by atoms with Gasteiger partial charge in [-0.2, -0.15) is 0 Å². The van der Waals surface area contributed by atoms with Crippen LogP contribution in [0, 0.1) is 0 Å². The molecule has 1 atom stereocenters. The van der Waals surface area contributed by atoms with Crippen molar-refractivity contribution in [2.75, 3.05) is 53.2 Å². The van der Waals surface area contributed by atoms with Crippen LogP contribution >= 0.6 is 0 Å². The maximum atomic E-state index is 12.6. The molecule has 36 heavy (non-hydrogen) atoms. The summed E-state index contributed by atoms with van der Waals surface area (Å²) in [4.78, 5) is 25.6. The zero-order valence-corrected chi connectivity index (χ0v) is 21.2. The van der Waals surface area contributed by atoms with E-state index in [2.05, 4.69) is 5.32 Å². The maximum absolute atomic E-state index is 12.6. The first-order chi connectivity index (χ1) is 17.5. The second-order valence-electron chi connectivity index (χ2n) is 8.08. The summed E-state index contributed by atoms with van der Waals surface area (Å²) >= 11 is 0. The molecule has 0 aliphatic heterocycles. The minimum atomic E-state index is -0.980. The highest BCUT2D eigenvalue weighted by molar-refractivity contribution is 5.74. The Labute approximate surface area is 213 Å². The van der Waals surface area contributed by atoms with Gasteiger partial charge in [-0.1, -0.05) is 42.5 Å². The standard InChI is InChI=1S/C27H38N2O7/c1-3-35-25(26(30)31)20-22-10-12-24(13-11-22)36-19-16-29(27(32)28-14-18-33-2)15-7-17-34-21-23-8-5-4-6-9-23/h4-6,8-13,25H,3,7,14-21H2,1-2H3,(H,28,32)(H,30,31). The molecule has 0 bridgehead atoms. The van der Waals surface area contributed by atoms with Crippen LogP contribution in [-0.4, -0.2) is 81.3 Å². The zero-order valence-electron chi connectivity index (χ0n) is 21.2. The zero-order chi connectivity index (χ0) is 26.0. The van der Waals surface area contributed by atoms with E-state index in [0.29, 0.717) is 64.8 Å². The van der Waals surface area contributed by atoms with Gasteiger partial charge in [0.25, 0.3) is 0 Å². The number of rotatable bonds is 18. The highest BCUT2D eigenvalue weighted by Gasteiger charge is 2.18. The minimum absolute atomic E-state index is 0.176. The average molecular weight is 503 g/mol. The SMILES string of the molecule is CCOC(Cc1ccc(OCCN(CCCOCc2ccccc2)C(=O)NCCOC)cc1)C(=O)O. The van der Waals surface area contributed by atoms with Crippen LogP contribution in [0.25, 0.3) is 0 Å². The van der Waals surface area contributed by atoms with E-state index in [0.717, 1.165) is 11.1 Å². The number of amides is 2. The van der Waals surface area contributed by atoms with Crippen molar-refractivity contribution in [3.63, 3.8) is 0 Å². The van der Waals surface area contributed by atoms with Crippen LogP contribution in [0.3, 0.4) is 0 Å². The third-order valence-electron chi connectivity index (χ3n) is 5.32. The van der Waals surface area contributed by atoms with Crippen molar-refractivity contribution in [2.45, 2.75) is 32.5 Å². The molecule has 1 unspecified atom stereocenters. The van der Waals surface area contributed by atoms with Gasteiger partial charge in [0.15, 0.2) is 6.10 Å². The van der Waals surface area contributed by atoms with E-state index in [4.69, 9.17) is 18.9 Å². The smallest absolute Gasteiger partial charge is 0.333 e. The van der Waals surface area contributed by atoms with Crippen molar-refractivity contribution in [3.8, 4) is 5.75 Å². The third kappa shape index (κ3) is 11.5. The second kappa shape index (κ2) is 17.3. The summed E-state index contributed by atoms with van der Waals surface area (Å²) in [5, 5.41) is 12.1. The first-order valence-electron chi connectivity index (χ1n) is 12.2. The lowest BCUT2D eigenvalue weighted by Crippen LogP contribution is -2.43. The Kier molecular flexibility index (Phi) is 14.0. The van der Waals surface area contributed by atoms with Gasteiger partial charge in [-0.25, -0.2) is 9.59 Å². The Bertz CT molecular complexity index is 877. The van der Waals surface area contributed by atoms with E-state index in [1.807, 2.05) is 42.5 Å². The largest absolute Gasteiger partial charge is 0.492 e. The van der Waals surface area contributed by atoms with Crippen molar-refractivity contribution in [1.82, 2.24) is 10.2 Å². The lowest BCUT2D eigenvalue weighted by molar-refractivity contribution is -0.149. The van der Waals surface area contributed by atoms with E-state index >= 15 is 0 Å². The average Bonchev–Trinajstić information content (AvgIpc) is 2.88. The monoisotopic (exact) mass is 502 g/mol. The van der Waals surface area contributed by atoms with Crippen LogP contribution in [0.1, 0.15) is 24.5 Å². The fraction of sp³-hybridized carbons (Fsp3) is 0.481. The minimum Gasteiger partial charge on any atom is -0.492 e. The summed E-state index contributed by atoms with van der Waals surface area (Å²) in [7, 11) is 1.59. The Hall–Kier alpha value is -3.14. The summed E-state index contributed by atoms with van der Waals surface area (Å²) in [5.74, 6) is -0.334. The summed E-state index contributed by atoms with van der Waals surface area (Å²) < 4.78 is 21.8. The predicted molar refractivity (Wildman–Crippen MR) is 136 cm³/mol. The molecule has 0 heterocycles. The number of carbonyl (C=O) groups excluding carboxylic acids is 1. The first-order valence-corrected chi connectivity index (χ1v) is 12.2. The van der Waals surface area contributed by atoms with Crippen molar-refractivity contribution in [1.29, 1.82) is 0 Å². The molecule has 0 fully saturated rings. The van der Waals surface area contributed by atoms with Crippen LogP contribution in [0.5, 0.6) is 5.75 Å². The van der Waals surface area contributed by atoms with Crippen LogP contribution in [0.15, 0.2) is 54.6 Å². The first kappa shape index (κ1) is 29.1. The number of urea groups is 1. The molecule has 2 rings (SSSR count). The van der Waals surface area contributed by atoms with Gasteiger partial charge in [-0.3, -0.25) is 0 Å². The number of nitrogens with one attached hydrogen (secondary N) is 1. The Balaban J connectivity index is 1.79. The molecule has 9 heteroatoms. The Morgan fingerprint density at radius 1 is 0.972 bits per heavy atom. The highest BCUT2D eigenvalue weighted by atomic mass is 16.5. The number of nitrogens with zero attached hydrogens (tertiary/aromatic N) is 1. The normalized spacial score (nSPS) is 11.6. The van der Waals surface area contributed by atoms with Gasteiger partial charge in [0, 0.05) is 39.8 Å². The van der Waals surface area contributed by atoms with E-state index in [-0.39, 0.29) is 12.5 Å². The Morgan fingerprint density at radius 3 is 2.39 bits per heavy atom. The molecule has 2 amide bonds. The molecule has 0 radical (unpaired) electrons. The van der Waals surface area contributed by atoms with Gasteiger partial charge in [-0.05, 0) is 36.6 Å². The number of aliphatic carboxylic acids is 1. The van der Waals surface area contributed by atoms with Crippen molar-refractivity contribution >= 4 is 12.0 Å². The number of hydrogen-bond acceptors (Lipinski definition) is 6. The molecule has 0 saturated carbocycles. The molecule has 0 aliphatic rings. The third-order valence-corrected chi connectivity index (χ3v) is 5.32. The van der Waals surface area contributed by atoms with Crippen LogP contribution in [0.2, 0.25) is 0 Å². The maximum Gasteiger partial charge on any atom is 0.333 e. The molecule has 2 aromatic carbocycles. The number of carboxylic acids is 1.